The summed E-state index contributed by atoms with van der Waals surface area (Å²) in [6.07, 6.45) is 3.53. The normalized spacial score (nSPS) is 15.0. The molecule has 2 aromatic carbocycles. The van der Waals surface area contributed by atoms with E-state index in [-0.39, 0.29) is 24.3 Å². The van der Waals surface area contributed by atoms with Gasteiger partial charge in [-0.2, -0.15) is 10.4 Å². The second-order valence-electron chi connectivity index (χ2n) is 8.32. The van der Waals surface area contributed by atoms with E-state index in [1.54, 1.807) is 24.8 Å². The Morgan fingerprint density at radius 2 is 1.81 bits per heavy atom. The van der Waals surface area contributed by atoms with E-state index in [4.69, 9.17) is 14.6 Å². The third-order valence-electron chi connectivity index (χ3n) is 6.08. The molecule has 0 saturated heterocycles. The van der Waals surface area contributed by atoms with E-state index in [1.165, 1.54) is 7.11 Å². The Labute approximate surface area is 209 Å². The van der Waals surface area contributed by atoms with Crippen molar-refractivity contribution in [1.82, 2.24) is 14.7 Å². The van der Waals surface area contributed by atoms with Crippen molar-refractivity contribution in [2.45, 2.75) is 13.8 Å². The Morgan fingerprint density at radius 1 is 1.06 bits per heavy atom. The number of aromatic nitrogens is 2. The van der Waals surface area contributed by atoms with Crippen molar-refractivity contribution in [1.29, 1.82) is 5.26 Å². The summed E-state index contributed by atoms with van der Waals surface area (Å²) in [5.41, 5.74) is 4.50. The van der Waals surface area contributed by atoms with E-state index in [9.17, 15) is 14.9 Å². The quantitative estimate of drug-likeness (QED) is 0.372. The Hall–Kier alpha value is -4.48. The van der Waals surface area contributed by atoms with Crippen LogP contribution in [0.4, 0.5) is 0 Å². The summed E-state index contributed by atoms with van der Waals surface area (Å²) in [6, 6.07) is 17.3. The first-order chi connectivity index (χ1) is 17.4. The highest BCUT2D eigenvalue weighted by molar-refractivity contribution is 6.19. The van der Waals surface area contributed by atoms with Gasteiger partial charge in [0.05, 0.1) is 31.6 Å². The van der Waals surface area contributed by atoms with Crippen molar-refractivity contribution < 1.29 is 19.1 Å². The molecule has 0 N–H and O–H groups in total. The van der Waals surface area contributed by atoms with Gasteiger partial charge in [-0.15, -0.1) is 0 Å². The number of imide groups is 1. The summed E-state index contributed by atoms with van der Waals surface area (Å²) in [7, 11) is 3.11. The Balaban J connectivity index is 1.91. The van der Waals surface area contributed by atoms with Gasteiger partial charge >= 0.3 is 0 Å². The van der Waals surface area contributed by atoms with Gasteiger partial charge in [-0.25, -0.2) is 4.68 Å². The fraction of sp³-hybridized carbons (Fsp3) is 0.214. The third-order valence-corrected chi connectivity index (χ3v) is 6.08. The molecule has 0 radical (unpaired) electrons. The molecule has 8 heteroatoms. The predicted molar refractivity (Wildman–Crippen MR) is 135 cm³/mol. The largest absolute Gasteiger partial charge is 0.496 e. The lowest BCUT2D eigenvalue weighted by Gasteiger charge is -2.27. The highest BCUT2D eigenvalue weighted by Gasteiger charge is 2.35. The third kappa shape index (κ3) is 4.57. The Bertz CT molecular complexity index is 1430. The zero-order valence-electron chi connectivity index (χ0n) is 20.6. The topological polar surface area (TPSA) is 97.5 Å². The van der Waals surface area contributed by atoms with Gasteiger partial charge in [0.2, 0.25) is 0 Å². The molecular weight excluding hydrogens is 456 g/mol. The maximum absolute atomic E-state index is 13.4. The Morgan fingerprint density at radius 3 is 2.44 bits per heavy atom. The van der Waals surface area contributed by atoms with Crippen LogP contribution >= 0.6 is 0 Å². The number of rotatable bonds is 7. The van der Waals surface area contributed by atoms with Gasteiger partial charge < -0.3 is 9.47 Å². The van der Waals surface area contributed by atoms with Crippen LogP contribution in [0.25, 0.3) is 23.0 Å². The van der Waals surface area contributed by atoms with Gasteiger partial charge in [0.1, 0.15) is 17.4 Å². The number of methoxy groups -OCH3 is 2. The van der Waals surface area contributed by atoms with E-state index in [0.717, 1.165) is 27.5 Å². The molecule has 1 aliphatic rings. The molecule has 3 aromatic rings. The number of benzene rings is 2. The first-order valence-electron chi connectivity index (χ1n) is 11.4. The molecule has 8 nitrogen and oxygen atoms in total. The molecule has 0 atom stereocenters. The number of nitriles is 1. The minimum atomic E-state index is -0.611. The highest BCUT2D eigenvalue weighted by Crippen LogP contribution is 2.32. The van der Waals surface area contributed by atoms with Gasteiger partial charge in [-0.05, 0) is 61.4 Å². The first-order valence-corrected chi connectivity index (χ1v) is 11.4. The number of hydrogen-bond acceptors (Lipinski definition) is 6. The standard InChI is InChI=1S/C28H26N4O4/c1-18-14-20(10-11-25(18)36-4)26-21(17-32(30-26)22-8-6-5-7-9-22)15-23-19(2)24(16-29)28(34)31(27(23)33)12-13-35-3/h5-11,14-15,17H,12-13H2,1-4H3/b23-15+. The van der Waals surface area contributed by atoms with Crippen molar-refractivity contribution in [3.63, 3.8) is 0 Å². The van der Waals surface area contributed by atoms with Crippen molar-refractivity contribution in [3.05, 3.63) is 82.6 Å². The van der Waals surface area contributed by atoms with Crippen molar-refractivity contribution in [3.8, 4) is 28.8 Å². The lowest BCUT2D eigenvalue weighted by Crippen LogP contribution is -2.44. The van der Waals surface area contributed by atoms with Gasteiger partial charge in [-0.3, -0.25) is 14.5 Å². The molecule has 4 rings (SSSR count). The van der Waals surface area contributed by atoms with Crippen molar-refractivity contribution in [2.24, 2.45) is 0 Å². The van der Waals surface area contributed by atoms with Crippen LogP contribution in [0.1, 0.15) is 18.1 Å². The van der Waals surface area contributed by atoms with E-state index in [0.29, 0.717) is 16.8 Å². The number of carbonyl (C=O) groups is 2. The molecule has 182 valence electrons. The number of carbonyl (C=O) groups excluding carboxylic acids is 2. The van der Waals surface area contributed by atoms with E-state index < -0.39 is 11.8 Å². The molecule has 2 heterocycles. The summed E-state index contributed by atoms with van der Waals surface area (Å²) < 4.78 is 12.2. The summed E-state index contributed by atoms with van der Waals surface area (Å²) in [5, 5.41) is 14.5. The summed E-state index contributed by atoms with van der Waals surface area (Å²) >= 11 is 0. The summed E-state index contributed by atoms with van der Waals surface area (Å²) in [6.45, 7) is 3.79. The van der Waals surface area contributed by atoms with E-state index in [2.05, 4.69) is 0 Å². The predicted octanol–water partition coefficient (Wildman–Crippen LogP) is 4.10. The minimum Gasteiger partial charge on any atom is -0.496 e. The smallest absolute Gasteiger partial charge is 0.271 e. The van der Waals surface area contributed by atoms with Crippen LogP contribution in [0, 0.1) is 18.3 Å². The number of nitrogens with zero attached hydrogens (tertiary/aromatic N) is 4. The molecule has 0 saturated carbocycles. The maximum atomic E-state index is 13.4. The zero-order valence-corrected chi connectivity index (χ0v) is 20.6. The molecule has 0 spiro atoms. The molecule has 1 aliphatic heterocycles. The van der Waals surface area contributed by atoms with Gasteiger partial charge in [0.25, 0.3) is 11.8 Å². The van der Waals surface area contributed by atoms with Crippen LogP contribution in [0.5, 0.6) is 5.75 Å². The van der Waals surface area contributed by atoms with Gasteiger partial charge in [0.15, 0.2) is 0 Å². The molecule has 2 amide bonds. The average molecular weight is 483 g/mol. The summed E-state index contributed by atoms with van der Waals surface area (Å²) in [5.74, 6) is -0.327. The first kappa shape index (κ1) is 24.6. The second-order valence-corrected chi connectivity index (χ2v) is 8.32. The lowest BCUT2D eigenvalue weighted by atomic mass is 9.93. The number of amides is 2. The van der Waals surface area contributed by atoms with E-state index in [1.807, 2.05) is 67.7 Å². The van der Waals surface area contributed by atoms with Crippen molar-refractivity contribution >= 4 is 17.9 Å². The van der Waals surface area contributed by atoms with Gasteiger partial charge in [0, 0.05) is 30.0 Å². The van der Waals surface area contributed by atoms with Crippen LogP contribution in [0.3, 0.4) is 0 Å². The fourth-order valence-corrected chi connectivity index (χ4v) is 4.13. The molecule has 1 aromatic heterocycles. The van der Waals surface area contributed by atoms with Crippen LogP contribution in [0.2, 0.25) is 0 Å². The highest BCUT2D eigenvalue weighted by atomic mass is 16.5. The number of para-hydroxylation sites is 1. The number of aryl methyl sites for hydroxylation is 1. The number of ether oxygens (including phenoxy) is 2. The molecule has 0 bridgehead atoms. The SMILES string of the molecule is COCCN1C(=O)C(C#N)=C(C)/C(=C\c2cn(-c3ccccc3)nc2-c2ccc(OC)c(C)c2)C1=O. The number of hydrogen-bond donors (Lipinski definition) is 0. The molecule has 0 aliphatic carbocycles. The zero-order chi connectivity index (χ0) is 25.8. The maximum Gasteiger partial charge on any atom is 0.271 e. The molecule has 0 fully saturated rings. The molecule has 36 heavy (non-hydrogen) atoms. The van der Waals surface area contributed by atoms with Crippen LogP contribution in [-0.4, -0.2) is 53.9 Å². The molecular formula is C28H26N4O4. The molecule has 0 unspecified atom stereocenters. The Kier molecular flexibility index (Phi) is 7.13. The summed E-state index contributed by atoms with van der Waals surface area (Å²) in [4.78, 5) is 27.2. The van der Waals surface area contributed by atoms with Crippen LogP contribution in [0.15, 0.2) is 71.4 Å². The minimum absolute atomic E-state index is 0.0533. The second kappa shape index (κ2) is 10.4. The van der Waals surface area contributed by atoms with Crippen molar-refractivity contribution in [2.75, 3.05) is 27.4 Å². The monoisotopic (exact) mass is 482 g/mol. The van der Waals surface area contributed by atoms with Crippen LogP contribution < -0.4 is 4.74 Å². The van der Waals surface area contributed by atoms with Gasteiger partial charge in [-0.1, -0.05) is 18.2 Å². The van der Waals surface area contributed by atoms with E-state index >= 15 is 0 Å². The fourth-order valence-electron chi connectivity index (χ4n) is 4.13. The van der Waals surface area contributed by atoms with Crippen LogP contribution in [-0.2, 0) is 14.3 Å². The lowest BCUT2D eigenvalue weighted by molar-refractivity contribution is -0.141. The average Bonchev–Trinajstić information content (AvgIpc) is 3.31.